The van der Waals surface area contributed by atoms with Crippen LogP contribution in [0.15, 0.2) is 42.0 Å². The summed E-state index contributed by atoms with van der Waals surface area (Å²) in [5, 5.41) is 6.18. The molecule has 0 saturated heterocycles. The van der Waals surface area contributed by atoms with Crippen molar-refractivity contribution in [1.29, 1.82) is 0 Å². The number of halogens is 2. The molecule has 1 aromatic heterocycles. The summed E-state index contributed by atoms with van der Waals surface area (Å²) in [7, 11) is 5.46. The number of allylic oxidation sites excluding steroid dienone is 1. The van der Waals surface area contributed by atoms with Gasteiger partial charge in [0.2, 0.25) is 5.95 Å². The quantitative estimate of drug-likeness (QED) is 0.306. The van der Waals surface area contributed by atoms with E-state index in [9.17, 15) is 9.59 Å². The summed E-state index contributed by atoms with van der Waals surface area (Å²) >= 11 is 8.62. The van der Waals surface area contributed by atoms with E-state index >= 15 is 0 Å². The lowest BCUT2D eigenvalue weighted by molar-refractivity contribution is -0.137. The minimum absolute atomic E-state index is 0.0501. The van der Waals surface area contributed by atoms with Gasteiger partial charge >= 0.3 is 0 Å². The van der Waals surface area contributed by atoms with Gasteiger partial charge in [-0.2, -0.15) is 4.98 Å². The number of carbonyl (C=O) groups excluding carboxylic acids is 2. The zero-order chi connectivity index (χ0) is 25.7. The monoisotopic (exact) mass is 615 g/mol. The van der Waals surface area contributed by atoms with Crippen molar-refractivity contribution in [3.8, 4) is 0 Å². The highest BCUT2D eigenvalue weighted by Crippen LogP contribution is 2.32. The molecule has 35 heavy (non-hydrogen) atoms. The van der Waals surface area contributed by atoms with Gasteiger partial charge in [-0.3, -0.25) is 9.59 Å². The molecule has 3 rings (SSSR count). The van der Waals surface area contributed by atoms with Gasteiger partial charge in [0.05, 0.1) is 12.2 Å². The molecule has 2 atom stereocenters. The summed E-state index contributed by atoms with van der Waals surface area (Å²) in [6.45, 7) is 5.30. The molecule has 2 amide bonds. The molecule has 10 nitrogen and oxygen atoms in total. The lowest BCUT2D eigenvalue weighted by Gasteiger charge is -2.41. The van der Waals surface area contributed by atoms with Crippen molar-refractivity contribution in [3.63, 3.8) is 0 Å². The zero-order valence-corrected chi connectivity index (χ0v) is 23.4. The van der Waals surface area contributed by atoms with Gasteiger partial charge in [0, 0.05) is 67.7 Å². The van der Waals surface area contributed by atoms with Crippen molar-refractivity contribution in [2.75, 3.05) is 51.1 Å². The second kappa shape index (κ2) is 12.0. The van der Waals surface area contributed by atoms with Crippen LogP contribution in [0.1, 0.15) is 13.8 Å². The Labute approximate surface area is 224 Å². The predicted molar refractivity (Wildman–Crippen MR) is 145 cm³/mol. The number of nitrogens with zero attached hydrogens (tertiary/aromatic N) is 5. The second-order valence-corrected chi connectivity index (χ2v) is 10.6. The topological polar surface area (TPSA) is 103 Å². The van der Waals surface area contributed by atoms with Crippen LogP contribution < -0.4 is 15.5 Å². The fourth-order valence-corrected chi connectivity index (χ4v) is 4.12. The third-order valence-corrected chi connectivity index (χ3v) is 6.38. The molecule has 12 heteroatoms. The van der Waals surface area contributed by atoms with Gasteiger partial charge in [-0.05, 0) is 33.0 Å². The van der Waals surface area contributed by atoms with E-state index < -0.39 is 0 Å². The first-order valence-corrected chi connectivity index (χ1v) is 12.6. The molecule has 1 aliphatic heterocycles. The maximum Gasteiger partial charge on any atom is 0.289 e. The Hall–Kier alpha value is -2.38. The highest BCUT2D eigenvalue weighted by atomic mass is 127. The van der Waals surface area contributed by atoms with E-state index in [2.05, 4.69) is 46.6 Å². The molecule has 190 valence electrons. The van der Waals surface area contributed by atoms with Gasteiger partial charge in [-0.25, -0.2) is 8.10 Å². The summed E-state index contributed by atoms with van der Waals surface area (Å²) in [6, 6.07) is -0.209. The molecule has 2 heterocycles. The van der Waals surface area contributed by atoms with E-state index in [0.29, 0.717) is 16.8 Å². The first kappa shape index (κ1) is 27.2. The first-order valence-electron chi connectivity index (χ1n) is 11.3. The maximum absolute atomic E-state index is 13.0. The molecular formula is C23H31ClIN7O3. The van der Waals surface area contributed by atoms with E-state index in [1.165, 1.54) is 7.05 Å². The molecular weight excluding hydrogens is 585 g/mol. The summed E-state index contributed by atoms with van der Waals surface area (Å²) in [4.78, 5) is 37.3. The average Bonchev–Trinajstić information content (AvgIpc) is 2.82. The Morgan fingerprint density at radius 2 is 2.06 bits per heavy atom. The van der Waals surface area contributed by atoms with Crippen LogP contribution in [0.2, 0.25) is 5.02 Å². The fourth-order valence-electron chi connectivity index (χ4n) is 3.77. The van der Waals surface area contributed by atoms with Crippen LogP contribution >= 0.6 is 34.5 Å². The maximum atomic E-state index is 13.0. The highest BCUT2D eigenvalue weighted by molar-refractivity contribution is 14.1. The molecule has 1 aromatic rings. The van der Waals surface area contributed by atoms with Crippen molar-refractivity contribution in [1.82, 2.24) is 23.3 Å². The average molecular weight is 616 g/mol. The van der Waals surface area contributed by atoms with Crippen molar-refractivity contribution in [2.24, 2.45) is 5.92 Å². The zero-order valence-electron chi connectivity index (χ0n) is 20.5. The third kappa shape index (κ3) is 6.85. The number of carbonyl (C=O) groups is 2. The van der Waals surface area contributed by atoms with E-state index in [0.717, 1.165) is 18.8 Å². The lowest BCUT2D eigenvalue weighted by Crippen LogP contribution is -2.51. The smallest absolute Gasteiger partial charge is 0.289 e. The number of hydrogen-bond acceptors (Lipinski definition) is 8. The number of ether oxygens (including phenoxy) is 1. The molecule has 0 aromatic carbocycles. The lowest BCUT2D eigenvalue weighted by atomic mass is 9.87. The van der Waals surface area contributed by atoms with Crippen molar-refractivity contribution in [2.45, 2.75) is 25.9 Å². The Kier molecular flexibility index (Phi) is 9.36. The largest absolute Gasteiger partial charge is 0.478 e. The minimum Gasteiger partial charge on any atom is -0.478 e. The van der Waals surface area contributed by atoms with Gasteiger partial charge in [-0.15, -0.1) is 0 Å². The fraction of sp³-hybridized carbons (Fsp3) is 0.478. The summed E-state index contributed by atoms with van der Waals surface area (Å²) in [5.41, 5.74) is 0.785. The molecule has 0 saturated carbocycles. The Morgan fingerprint density at radius 3 is 2.71 bits per heavy atom. The number of anilines is 2. The second-order valence-electron chi connectivity index (χ2n) is 8.59. The number of likely N-dealkylation sites (N-methyl/N-ethyl adjacent to an activating group) is 3. The van der Waals surface area contributed by atoms with E-state index in [-0.39, 0.29) is 42.2 Å². The van der Waals surface area contributed by atoms with Crippen molar-refractivity contribution in [3.05, 3.63) is 47.0 Å². The SMILES string of the molecule is CNC(=O)COC1=CC2C=C(Nc3nc(N(C)CCN(C)I)ncc3Cl)C=CC2N(C(C)C)C1=O. The van der Waals surface area contributed by atoms with Crippen molar-refractivity contribution < 1.29 is 14.3 Å². The predicted octanol–water partition coefficient (Wildman–Crippen LogP) is 2.60. The van der Waals surface area contributed by atoms with Crippen LogP contribution in [0.3, 0.4) is 0 Å². The van der Waals surface area contributed by atoms with Gasteiger partial charge in [-0.1, -0.05) is 23.8 Å². The third-order valence-electron chi connectivity index (χ3n) is 5.62. The molecule has 0 fully saturated rings. The normalized spacial score (nSPS) is 19.3. The van der Waals surface area contributed by atoms with Crippen LogP contribution in [0.4, 0.5) is 11.8 Å². The van der Waals surface area contributed by atoms with Crippen LogP contribution in [0.5, 0.6) is 0 Å². The number of rotatable bonds is 10. The molecule has 2 unspecified atom stereocenters. The molecule has 1 aliphatic carbocycles. The van der Waals surface area contributed by atoms with Gasteiger partial charge < -0.3 is 25.2 Å². The van der Waals surface area contributed by atoms with Crippen LogP contribution in [0.25, 0.3) is 0 Å². The first-order chi connectivity index (χ1) is 16.6. The van der Waals surface area contributed by atoms with Gasteiger partial charge in [0.1, 0.15) is 5.02 Å². The number of aromatic nitrogens is 2. The number of fused-ring (bicyclic) bond motifs is 1. The van der Waals surface area contributed by atoms with E-state index in [4.69, 9.17) is 16.3 Å². The van der Waals surface area contributed by atoms with Crippen molar-refractivity contribution >= 4 is 58.0 Å². The van der Waals surface area contributed by atoms with Crippen LogP contribution in [-0.2, 0) is 14.3 Å². The standard InChI is InChI=1S/C23H31ClIN7O3/c1-14(2)32-18-7-6-16(10-15(18)11-19(22(32)34)35-13-20(33)26-3)28-21-17(24)12-27-23(29-21)30(4)8-9-31(5)25/h6-7,10-12,14-15,18H,8-9,13H2,1-5H3,(H,26,33)(H,27,28,29). The van der Waals surface area contributed by atoms with E-state index in [1.807, 2.05) is 51.1 Å². The number of hydrogen-bond donors (Lipinski definition) is 2. The van der Waals surface area contributed by atoms with Gasteiger partial charge in [0.15, 0.2) is 18.2 Å². The Morgan fingerprint density at radius 1 is 1.31 bits per heavy atom. The minimum atomic E-state index is -0.303. The summed E-state index contributed by atoms with van der Waals surface area (Å²) < 4.78 is 7.63. The Bertz CT molecular complexity index is 1040. The molecule has 2 aliphatic rings. The number of nitrogens with one attached hydrogen (secondary N) is 2. The van der Waals surface area contributed by atoms with E-state index in [1.54, 1.807) is 17.2 Å². The summed E-state index contributed by atoms with van der Waals surface area (Å²) in [5.74, 6) is 0.537. The molecule has 0 bridgehead atoms. The highest BCUT2D eigenvalue weighted by Gasteiger charge is 2.38. The number of amides is 2. The van der Waals surface area contributed by atoms with Gasteiger partial charge in [0.25, 0.3) is 11.8 Å². The molecule has 2 N–H and O–H groups in total. The Balaban J connectivity index is 1.83. The summed E-state index contributed by atoms with van der Waals surface area (Å²) in [6.07, 6.45) is 9.25. The van der Waals surface area contributed by atoms with Crippen LogP contribution in [-0.4, -0.2) is 82.7 Å². The molecule has 0 radical (unpaired) electrons. The molecule has 0 spiro atoms. The van der Waals surface area contributed by atoms with Crippen LogP contribution in [0, 0.1) is 5.92 Å².